The van der Waals surface area contributed by atoms with Crippen molar-refractivity contribution in [3.05, 3.63) is 42.5 Å². The molecule has 1 aromatic heterocycles. The highest BCUT2D eigenvalue weighted by molar-refractivity contribution is 7.99. The minimum atomic E-state index is 0.0695. The quantitative estimate of drug-likeness (QED) is 0.564. The molecule has 0 radical (unpaired) electrons. The fraction of sp³-hybridized carbons (Fsp3) is 0.450. The van der Waals surface area contributed by atoms with Crippen LogP contribution in [0.2, 0.25) is 0 Å². The van der Waals surface area contributed by atoms with Crippen LogP contribution in [-0.4, -0.2) is 56.6 Å². The molecular formula is C20H26N4O2S. The van der Waals surface area contributed by atoms with Crippen LogP contribution in [0.4, 0.5) is 0 Å². The highest BCUT2D eigenvalue weighted by atomic mass is 32.2. The van der Waals surface area contributed by atoms with E-state index in [1.165, 1.54) is 17.3 Å². The maximum absolute atomic E-state index is 12.6. The van der Waals surface area contributed by atoms with Gasteiger partial charge in [-0.1, -0.05) is 41.6 Å². The minimum Gasteiger partial charge on any atom is -0.372 e. The largest absolute Gasteiger partial charge is 0.372 e. The second-order valence-electron chi connectivity index (χ2n) is 6.92. The minimum absolute atomic E-state index is 0.0695. The van der Waals surface area contributed by atoms with E-state index >= 15 is 0 Å². The summed E-state index contributed by atoms with van der Waals surface area (Å²) >= 11 is 1.42. The lowest BCUT2D eigenvalue weighted by Crippen LogP contribution is -2.48. The molecule has 27 heavy (non-hydrogen) atoms. The van der Waals surface area contributed by atoms with Crippen LogP contribution in [0, 0.1) is 6.92 Å². The SMILES string of the molecule is C=CCn1c(SCC(=O)N2CC(C)OC(C)C2)nnc1-c1cccc(C)c1. The molecule has 3 rings (SSSR count). The summed E-state index contributed by atoms with van der Waals surface area (Å²) in [7, 11) is 0. The number of carbonyl (C=O) groups excluding carboxylic acids is 1. The molecule has 1 aliphatic heterocycles. The lowest BCUT2D eigenvalue weighted by Gasteiger charge is -2.35. The van der Waals surface area contributed by atoms with Crippen LogP contribution in [0.25, 0.3) is 11.4 Å². The number of nitrogens with zero attached hydrogens (tertiary/aromatic N) is 4. The first-order valence-corrected chi connectivity index (χ1v) is 10.1. The number of hydrogen-bond acceptors (Lipinski definition) is 5. The summed E-state index contributed by atoms with van der Waals surface area (Å²) in [4.78, 5) is 14.5. The summed E-state index contributed by atoms with van der Waals surface area (Å²) in [5.74, 6) is 1.23. The Bertz CT molecular complexity index is 810. The number of thioether (sulfide) groups is 1. The Morgan fingerprint density at radius 3 is 2.74 bits per heavy atom. The van der Waals surface area contributed by atoms with Crippen molar-refractivity contribution < 1.29 is 9.53 Å². The number of rotatable bonds is 6. The number of allylic oxidation sites excluding steroid dienone is 1. The predicted octanol–water partition coefficient (Wildman–Crippen LogP) is 3.17. The van der Waals surface area contributed by atoms with Crippen LogP contribution in [-0.2, 0) is 16.1 Å². The molecule has 1 saturated heterocycles. The zero-order valence-electron chi connectivity index (χ0n) is 16.1. The predicted molar refractivity (Wildman–Crippen MR) is 108 cm³/mol. The average Bonchev–Trinajstić information content (AvgIpc) is 3.02. The summed E-state index contributed by atoms with van der Waals surface area (Å²) in [6, 6.07) is 8.16. The van der Waals surface area contributed by atoms with E-state index in [4.69, 9.17) is 4.74 Å². The van der Waals surface area contributed by atoms with Crippen LogP contribution >= 0.6 is 11.8 Å². The maximum atomic E-state index is 12.6. The number of morpholine rings is 1. The molecule has 0 N–H and O–H groups in total. The van der Waals surface area contributed by atoms with E-state index < -0.39 is 0 Å². The zero-order chi connectivity index (χ0) is 19.4. The van der Waals surface area contributed by atoms with Crippen LogP contribution in [0.3, 0.4) is 0 Å². The van der Waals surface area contributed by atoms with E-state index in [-0.39, 0.29) is 18.1 Å². The smallest absolute Gasteiger partial charge is 0.233 e. The Morgan fingerprint density at radius 1 is 1.33 bits per heavy atom. The van der Waals surface area contributed by atoms with Crippen molar-refractivity contribution in [1.29, 1.82) is 0 Å². The molecule has 0 saturated carbocycles. The van der Waals surface area contributed by atoms with Gasteiger partial charge in [-0.3, -0.25) is 9.36 Å². The lowest BCUT2D eigenvalue weighted by molar-refractivity contribution is -0.140. The van der Waals surface area contributed by atoms with Gasteiger partial charge in [0.2, 0.25) is 5.91 Å². The Kier molecular flexibility index (Phi) is 6.34. The second-order valence-corrected chi connectivity index (χ2v) is 7.86. The van der Waals surface area contributed by atoms with Crippen molar-refractivity contribution >= 4 is 17.7 Å². The van der Waals surface area contributed by atoms with E-state index in [2.05, 4.69) is 35.8 Å². The number of amides is 1. The van der Waals surface area contributed by atoms with E-state index in [9.17, 15) is 4.79 Å². The maximum Gasteiger partial charge on any atom is 0.233 e. The van der Waals surface area contributed by atoms with Gasteiger partial charge in [0.25, 0.3) is 0 Å². The van der Waals surface area contributed by atoms with E-state index in [0.717, 1.165) is 16.5 Å². The highest BCUT2D eigenvalue weighted by Gasteiger charge is 2.26. The number of aromatic nitrogens is 3. The third-order valence-electron chi connectivity index (χ3n) is 4.40. The Labute approximate surface area is 164 Å². The number of ether oxygens (including phenoxy) is 1. The standard InChI is InChI=1S/C20H26N4O2S/c1-5-9-24-19(17-8-6-7-14(2)10-17)21-22-20(24)27-13-18(25)23-11-15(3)26-16(4)12-23/h5-8,10,15-16H,1,9,11-13H2,2-4H3. The lowest BCUT2D eigenvalue weighted by atomic mass is 10.1. The Hall–Kier alpha value is -2.12. The van der Waals surface area contributed by atoms with Gasteiger partial charge in [0.05, 0.1) is 18.0 Å². The molecular weight excluding hydrogens is 360 g/mol. The van der Waals surface area contributed by atoms with Crippen molar-refractivity contribution in [3.8, 4) is 11.4 Å². The molecule has 1 fully saturated rings. The second kappa shape index (κ2) is 8.71. The van der Waals surface area contributed by atoms with Gasteiger partial charge in [-0.05, 0) is 26.8 Å². The molecule has 0 spiro atoms. The molecule has 0 aliphatic carbocycles. The highest BCUT2D eigenvalue weighted by Crippen LogP contribution is 2.25. The van der Waals surface area contributed by atoms with Crippen molar-refractivity contribution in [2.45, 2.75) is 44.7 Å². The summed E-state index contributed by atoms with van der Waals surface area (Å²) in [6.45, 7) is 11.8. The summed E-state index contributed by atoms with van der Waals surface area (Å²) in [5.41, 5.74) is 2.18. The van der Waals surface area contributed by atoms with Gasteiger partial charge in [-0.2, -0.15) is 0 Å². The van der Waals surface area contributed by atoms with E-state index in [1.807, 2.05) is 41.5 Å². The van der Waals surface area contributed by atoms with Crippen LogP contribution < -0.4 is 0 Å². The number of benzene rings is 1. The third-order valence-corrected chi connectivity index (χ3v) is 5.35. The molecule has 2 atom stereocenters. The number of carbonyl (C=O) groups is 1. The first-order valence-electron chi connectivity index (χ1n) is 9.15. The topological polar surface area (TPSA) is 60.2 Å². The van der Waals surface area contributed by atoms with Crippen LogP contribution in [0.5, 0.6) is 0 Å². The third kappa shape index (κ3) is 4.78. The van der Waals surface area contributed by atoms with Gasteiger partial charge in [-0.25, -0.2) is 0 Å². The van der Waals surface area contributed by atoms with Crippen molar-refractivity contribution in [2.24, 2.45) is 0 Å². The summed E-state index contributed by atoms with van der Waals surface area (Å²) in [5, 5.41) is 9.41. The van der Waals surface area contributed by atoms with Crippen molar-refractivity contribution in [3.63, 3.8) is 0 Å². The fourth-order valence-electron chi connectivity index (χ4n) is 3.29. The van der Waals surface area contributed by atoms with E-state index in [1.54, 1.807) is 0 Å². The monoisotopic (exact) mass is 386 g/mol. The van der Waals surface area contributed by atoms with Gasteiger partial charge in [-0.15, -0.1) is 16.8 Å². The van der Waals surface area contributed by atoms with E-state index in [0.29, 0.717) is 25.4 Å². The molecule has 7 heteroatoms. The van der Waals surface area contributed by atoms with Gasteiger partial charge in [0, 0.05) is 25.2 Å². The Morgan fingerprint density at radius 2 is 2.07 bits per heavy atom. The molecule has 0 bridgehead atoms. The Balaban J connectivity index is 1.73. The first kappa shape index (κ1) is 19.6. The normalized spacial score (nSPS) is 19.9. The molecule has 1 aliphatic rings. The number of aryl methyl sites for hydroxylation is 1. The average molecular weight is 387 g/mol. The molecule has 144 valence electrons. The molecule has 1 amide bonds. The zero-order valence-corrected chi connectivity index (χ0v) is 16.9. The summed E-state index contributed by atoms with van der Waals surface area (Å²) < 4.78 is 7.71. The van der Waals surface area contributed by atoms with Gasteiger partial charge in [0.15, 0.2) is 11.0 Å². The van der Waals surface area contributed by atoms with Crippen LogP contribution in [0.1, 0.15) is 19.4 Å². The molecule has 6 nitrogen and oxygen atoms in total. The van der Waals surface area contributed by atoms with Gasteiger partial charge in [0.1, 0.15) is 0 Å². The molecule has 2 aromatic rings. The molecule has 2 heterocycles. The van der Waals surface area contributed by atoms with Gasteiger partial charge < -0.3 is 9.64 Å². The molecule has 2 unspecified atom stereocenters. The molecule has 1 aromatic carbocycles. The fourth-order valence-corrected chi connectivity index (χ4v) is 4.14. The van der Waals surface area contributed by atoms with Crippen molar-refractivity contribution in [1.82, 2.24) is 19.7 Å². The summed E-state index contributed by atoms with van der Waals surface area (Å²) in [6.07, 6.45) is 1.96. The van der Waals surface area contributed by atoms with Crippen molar-refractivity contribution in [2.75, 3.05) is 18.8 Å². The number of hydrogen-bond donors (Lipinski definition) is 0. The van der Waals surface area contributed by atoms with Gasteiger partial charge >= 0.3 is 0 Å². The van der Waals surface area contributed by atoms with Crippen LogP contribution in [0.15, 0.2) is 42.1 Å². The first-order chi connectivity index (χ1) is 13.0.